The molecule has 1 heterocycles. The summed E-state index contributed by atoms with van der Waals surface area (Å²) in [6.07, 6.45) is 2.74. The third-order valence-electron chi connectivity index (χ3n) is 3.62. The molecule has 1 unspecified atom stereocenters. The zero-order chi connectivity index (χ0) is 14.3. The van der Waals surface area contributed by atoms with Crippen LogP contribution in [0.15, 0.2) is 28.7 Å². The van der Waals surface area contributed by atoms with Crippen LogP contribution >= 0.6 is 23.2 Å². The molecule has 1 aromatic carbocycles. The Hall–Kier alpha value is -0.590. The van der Waals surface area contributed by atoms with Gasteiger partial charge in [0.1, 0.15) is 0 Å². The Morgan fingerprint density at radius 3 is 2.55 bits per heavy atom. The van der Waals surface area contributed by atoms with E-state index in [4.69, 9.17) is 23.2 Å². The van der Waals surface area contributed by atoms with Crippen molar-refractivity contribution in [3.05, 3.63) is 38.7 Å². The Labute approximate surface area is 129 Å². The van der Waals surface area contributed by atoms with Gasteiger partial charge in [-0.2, -0.15) is 0 Å². The summed E-state index contributed by atoms with van der Waals surface area (Å²) < 4.78 is 14.1. The molecule has 0 bridgehead atoms. The first kappa shape index (κ1) is 14.4. The molecule has 0 fully saturated rings. The number of para-hydroxylation sites is 1. The van der Waals surface area contributed by atoms with E-state index in [1.165, 1.54) is 4.31 Å². The average molecular weight is 334 g/mol. The van der Waals surface area contributed by atoms with Crippen molar-refractivity contribution in [2.24, 2.45) is 0 Å². The van der Waals surface area contributed by atoms with Crippen LogP contribution in [0.3, 0.4) is 0 Å². The van der Waals surface area contributed by atoms with Crippen LogP contribution in [0.25, 0.3) is 0 Å². The molecule has 0 saturated carbocycles. The number of hydrogen-bond acceptors (Lipinski definition) is 3. The zero-order valence-electron chi connectivity index (χ0n) is 10.5. The molecule has 0 saturated heterocycles. The number of hydrogen-bond donors (Lipinski definition) is 1. The molecule has 1 aromatic rings. The molecular weight excluding hydrogens is 321 g/mol. The lowest BCUT2D eigenvalue weighted by atomic mass is 9.98. The van der Waals surface area contributed by atoms with E-state index < -0.39 is 17.2 Å². The Morgan fingerprint density at radius 1 is 1.25 bits per heavy atom. The Balaban J connectivity index is 2.09. The maximum Gasteiger partial charge on any atom is 0.199 e. The minimum atomic E-state index is -1.42. The summed E-state index contributed by atoms with van der Waals surface area (Å²) in [6.45, 7) is 0. The molecule has 0 aromatic heterocycles. The first-order chi connectivity index (χ1) is 9.65. The minimum Gasteiger partial charge on any atom is -0.251 e. The standard InChI is InChI=1S/C13H13Cl2NO3S/c14-9-5-3-6-10(15)12(9)16-13(19-17)8-4-1-2-7-11(8)20(16)18/h3,5-6,13,17H,1-2,4,7H2/t13-,20?/m1/s1. The van der Waals surface area contributed by atoms with Crippen molar-refractivity contribution in [2.75, 3.05) is 4.31 Å². The van der Waals surface area contributed by atoms with Crippen LogP contribution in [-0.2, 0) is 15.9 Å². The van der Waals surface area contributed by atoms with Gasteiger partial charge in [0.15, 0.2) is 17.2 Å². The second kappa shape index (κ2) is 5.66. The number of allylic oxidation sites excluding steroid dienone is 1. The van der Waals surface area contributed by atoms with Crippen LogP contribution in [0.2, 0.25) is 10.0 Å². The van der Waals surface area contributed by atoms with Gasteiger partial charge in [-0.1, -0.05) is 29.3 Å². The Morgan fingerprint density at radius 2 is 1.90 bits per heavy atom. The first-order valence-corrected chi connectivity index (χ1v) is 8.18. The van der Waals surface area contributed by atoms with Gasteiger partial charge in [-0.25, -0.2) is 14.4 Å². The number of rotatable bonds is 2. The van der Waals surface area contributed by atoms with Gasteiger partial charge in [-0.15, -0.1) is 0 Å². The highest BCUT2D eigenvalue weighted by Crippen LogP contribution is 2.45. The van der Waals surface area contributed by atoms with E-state index in [-0.39, 0.29) is 0 Å². The number of anilines is 1. The van der Waals surface area contributed by atoms with Gasteiger partial charge in [0, 0.05) is 4.91 Å². The monoisotopic (exact) mass is 333 g/mol. The Bertz CT molecular complexity index is 585. The van der Waals surface area contributed by atoms with Crippen LogP contribution in [0.4, 0.5) is 5.69 Å². The van der Waals surface area contributed by atoms with Gasteiger partial charge < -0.3 is 0 Å². The fourth-order valence-electron chi connectivity index (χ4n) is 2.72. The van der Waals surface area contributed by atoms with Gasteiger partial charge >= 0.3 is 0 Å². The van der Waals surface area contributed by atoms with Crippen molar-refractivity contribution in [1.82, 2.24) is 0 Å². The van der Waals surface area contributed by atoms with Crippen molar-refractivity contribution in [3.63, 3.8) is 0 Å². The van der Waals surface area contributed by atoms with Crippen LogP contribution in [-0.4, -0.2) is 15.7 Å². The summed E-state index contributed by atoms with van der Waals surface area (Å²) in [4.78, 5) is 5.41. The molecular formula is C13H13Cl2NO3S. The fraction of sp³-hybridized carbons (Fsp3) is 0.385. The largest absolute Gasteiger partial charge is 0.251 e. The minimum absolute atomic E-state index is 0.382. The molecule has 2 atom stereocenters. The SMILES string of the molecule is O=S1C2=C(CCCC2)[C@@H](OO)N1c1c(Cl)cccc1Cl. The molecule has 7 heteroatoms. The predicted octanol–water partition coefficient (Wildman–Crippen LogP) is 4.12. The molecule has 0 amide bonds. The van der Waals surface area contributed by atoms with Gasteiger partial charge in [0.25, 0.3) is 0 Å². The molecule has 0 radical (unpaired) electrons. The van der Waals surface area contributed by atoms with Gasteiger partial charge in [-0.3, -0.25) is 4.31 Å². The maximum absolute atomic E-state index is 12.7. The smallest absolute Gasteiger partial charge is 0.199 e. The highest BCUT2D eigenvalue weighted by Gasteiger charge is 2.42. The lowest BCUT2D eigenvalue weighted by Crippen LogP contribution is -2.34. The van der Waals surface area contributed by atoms with Gasteiger partial charge in [0.05, 0.1) is 15.7 Å². The van der Waals surface area contributed by atoms with Crippen molar-refractivity contribution in [1.29, 1.82) is 0 Å². The van der Waals surface area contributed by atoms with Crippen molar-refractivity contribution in [2.45, 2.75) is 31.9 Å². The first-order valence-electron chi connectivity index (χ1n) is 6.32. The molecule has 108 valence electrons. The van der Waals surface area contributed by atoms with Crippen molar-refractivity contribution in [3.8, 4) is 0 Å². The van der Waals surface area contributed by atoms with E-state index in [2.05, 4.69) is 4.89 Å². The Kier molecular flexibility index (Phi) is 4.06. The lowest BCUT2D eigenvalue weighted by Gasteiger charge is -2.25. The molecule has 1 N–H and O–H groups in total. The molecule has 2 aliphatic rings. The summed E-state index contributed by atoms with van der Waals surface area (Å²) in [6, 6.07) is 5.06. The topological polar surface area (TPSA) is 49.8 Å². The van der Waals surface area contributed by atoms with Gasteiger partial charge in [-0.05, 0) is 43.4 Å². The molecule has 1 aliphatic heterocycles. The van der Waals surface area contributed by atoms with Gasteiger partial charge in [0.2, 0.25) is 0 Å². The summed E-state index contributed by atoms with van der Waals surface area (Å²) in [7, 11) is -1.42. The van der Waals surface area contributed by atoms with Crippen molar-refractivity contribution < 1.29 is 14.4 Å². The summed E-state index contributed by atoms with van der Waals surface area (Å²) >= 11 is 12.4. The lowest BCUT2D eigenvalue weighted by molar-refractivity contribution is -0.265. The van der Waals surface area contributed by atoms with Crippen LogP contribution < -0.4 is 4.31 Å². The third kappa shape index (κ3) is 2.18. The maximum atomic E-state index is 12.7. The number of nitrogens with zero attached hydrogens (tertiary/aromatic N) is 1. The highest BCUT2D eigenvalue weighted by molar-refractivity contribution is 7.90. The molecule has 20 heavy (non-hydrogen) atoms. The number of benzene rings is 1. The van der Waals surface area contributed by atoms with E-state index in [0.717, 1.165) is 36.2 Å². The second-order valence-electron chi connectivity index (χ2n) is 4.76. The normalized spacial score (nSPS) is 26.1. The summed E-state index contributed by atoms with van der Waals surface area (Å²) in [5, 5.41) is 10.0. The summed E-state index contributed by atoms with van der Waals surface area (Å²) in [5.74, 6) is 0. The second-order valence-corrected chi connectivity index (χ2v) is 6.96. The molecule has 0 spiro atoms. The third-order valence-corrected chi connectivity index (χ3v) is 5.85. The van der Waals surface area contributed by atoms with E-state index in [1.54, 1.807) is 18.2 Å². The molecule has 3 rings (SSSR count). The van der Waals surface area contributed by atoms with E-state index >= 15 is 0 Å². The quantitative estimate of drug-likeness (QED) is 0.654. The van der Waals surface area contributed by atoms with Crippen LogP contribution in [0, 0.1) is 0 Å². The average Bonchev–Trinajstić information content (AvgIpc) is 2.72. The predicted molar refractivity (Wildman–Crippen MR) is 80.1 cm³/mol. The molecule has 4 nitrogen and oxygen atoms in total. The zero-order valence-corrected chi connectivity index (χ0v) is 12.8. The summed E-state index contributed by atoms with van der Waals surface area (Å²) in [5.41, 5.74) is 1.32. The fourth-order valence-corrected chi connectivity index (χ4v) is 5.08. The van der Waals surface area contributed by atoms with Crippen LogP contribution in [0.1, 0.15) is 25.7 Å². The van der Waals surface area contributed by atoms with E-state index in [1.807, 2.05) is 0 Å². The molecule has 1 aliphatic carbocycles. The highest BCUT2D eigenvalue weighted by atomic mass is 35.5. The number of halogens is 2. The van der Waals surface area contributed by atoms with E-state index in [0.29, 0.717) is 15.7 Å². The van der Waals surface area contributed by atoms with E-state index in [9.17, 15) is 9.47 Å². The van der Waals surface area contributed by atoms with Crippen LogP contribution in [0.5, 0.6) is 0 Å². The van der Waals surface area contributed by atoms with Crippen molar-refractivity contribution >= 4 is 39.9 Å².